The molecule has 3 heteroatoms. The number of nitrogens with zero attached hydrogens (tertiary/aromatic N) is 2. The number of hydrogen-bond donors (Lipinski definition) is 1. The van der Waals surface area contributed by atoms with Gasteiger partial charge in [-0.05, 0) is 31.0 Å². The standard InChI is InChI=1S/C17H19N3/c1-17(12-14-8-4-2-5-9-14)13-19-16(18)20(17)15-10-6-3-7-11-15/h2-11H,12-13H2,1H3,(H2,18,19). The van der Waals surface area contributed by atoms with Crippen molar-refractivity contribution in [3.8, 4) is 0 Å². The maximum Gasteiger partial charge on any atom is 0.196 e. The van der Waals surface area contributed by atoms with Crippen LogP contribution >= 0.6 is 0 Å². The Kier molecular flexibility index (Phi) is 3.18. The summed E-state index contributed by atoms with van der Waals surface area (Å²) in [6, 6.07) is 20.7. The lowest BCUT2D eigenvalue weighted by molar-refractivity contribution is 0.500. The molecule has 1 unspecified atom stereocenters. The van der Waals surface area contributed by atoms with E-state index in [9.17, 15) is 0 Å². The molecule has 1 heterocycles. The fraction of sp³-hybridized carbons (Fsp3) is 0.235. The van der Waals surface area contributed by atoms with Gasteiger partial charge < -0.3 is 10.6 Å². The third-order valence-electron chi connectivity index (χ3n) is 3.79. The molecule has 3 nitrogen and oxygen atoms in total. The minimum Gasteiger partial charge on any atom is -0.369 e. The molecule has 0 spiro atoms. The van der Waals surface area contributed by atoms with Crippen LogP contribution < -0.4 is 10.6 Å². The van der Waals surface area contributed by atoms with E-state index in [0.29, 0.717) is 5.96 Å². The van der Waals surface area contributed by atoms with Crippen LogP contribution in [0.5, 0.6) is 0 Å². The fourth-order valence-corrected chi connectivity index (χ4v) is 2.86. The van der Waals surface area contributed by atoms with Crippen LogP contribution in [0.3, 0.4) is 0 Å². The number of benzene rings is 2. The molecule has 0 aliphatic carbocycles. The van der Waals surface area contributed by atoms with E-state index >= 15 is 0 Å². The summed E-state index contributed by atoms with van der Waals surface area (Å²) in [4.78, 5) is 6.62. The van der Waals surface area contributed by atoms with Crippen LogP contribution in [0.15, 0.2) is 65.7 Å². The maximum absolute atomic E-state index is 6.12. The van der Waals surface area contributed by atoms with Crippen LogP contribution in [-0.2, 0) is 6.42 Å². The predicted molar refractivity (Wildman–Crippen MR) is 84.0 cm³/mol. The predicted octanol–water partition coefficient (Wildman–Crippen LogP) is 2.82. The van der Waals surface area contributed by atoms with Crippen molar-refractivity contribution in [2.24, 2.45) is 10.7 Å². The molecule has 0 amide bonds. The van der Waals surface area contributed by atoms with Crippen molar-refractivity contribution in [1.82, 2.24) is 0 Å². The second kappa shape index (κ2) is 5.00. The van der Waals surface area contributed by atoms with Crippen LogP contribution in [0.1, 0.15) is 12.5 Å². The highest BCUT2D eigenvalue weighted by atomic mass is 15.4. The maximum atomic E-state index is 6.12. The molecular formula is C17H19N3. The van der Waals surface area contributed by atoms with Gasteiger partial charge in [-0.15, -0.1) is 0 Å². The number of para-hydroxylation sites is 1. The van der Waals surface area contributed by atoms with Crippen LogP contribution in [-0.4, -0.2) is 18.0 Å². The highest BCUT2D eigenvalue weighted by Gasteiger charge is 2.38. The Morgan fingerprint density at radius 2 is 1.65 bits per heavy atom. The first-order valence-corrected chi connectivity index (χ1v) is 6.88. The highest BCUT2D eigenvalue weighted by molar-refractivity contribution is 5.98. The first kappa shape index (κ1) is 12.7. The van der Waals surface area contributed by atoms with Crippen molar-refractivity contribution in [1.29, 1.82) is 0 Å². The van der Waals surface area contributed by atoms with Gasteiger partial charge in [0.25, 0.3) is 0 Å². The van der Waals surface area contributed by atoms with Gasteiger partial charge in [0.05, 0.1) is 12.1 Å². The normalized spacial score (nSPS) is 21.9. The summed E-state index contributed by atoms with van der Waals surface area (Å²) in [6.45, 7) is 2.94. The third-order valence-corrected chi connectivity index (χ3v) is 3.79. The van der Waals surface area contributed by atoms with Crippen LogP contribution in [0, 0.1) is 0 Å². The molecule has 102 valence electrons. The first-order chi connectivity index (χ1) is 9.69. The molecule has 0 aromatic heterocycles. The number of rotatable bonds is 3. The van der Waals surface area contributed by atoms with Gasteiger partial charge in [0.1, 0.15) is 0 Å². The average Bonchev–Trinajstić information content (AvgIpc) is 2.76. The Labute approximate surface area is 119 Å². The monoisotopic (exact) mass is 265 g/mol. The summed E-state index contributed by atoms with van der Waals surface area (Å²) < 4.78 is 0. The molecule has 2 aromatic rings. The molecule has 0 radical (unpaired) electrons. The van der Waals surface area contributed by atoms with E-state index in [1.54, 1.807) is 0 Å². The number of nitrogens with two attached hydrogens (primary N) is 1. The summed E-state index contributed by atoms with van der Waals surface area (Å²) in [7, 11) is 0. The van der Waals surface area contributed by atoms with Gasteiger partial charge in [-0.25, -0.2) is 0 Å². The van der Waals surface area contributed by atoms with Crippen molar-refractivity contribution >= 4 is 11.6 Å². The van der Waals surface area contributed by atoms with Gasteiger partial charge in [0.15, 0.2) is 5.96 Å². The molecular weight excluding hydrogens is 246 g/mol. The molecule has 0 bridgehead atoms. The van der Waals surface area contributed by atoms with Crippen molar-refractivity contribution in [3.63, 3.8) is 0 Å². The molecule has 1 aliphatic rings. The van der Waals surface area contributed by atoms with E-state index in [0.717, 1.165) is 18.7 Å². The lowest BCUT2D eigenvalue weighted by Gasteiger charge is -2.36. The van der Waals surface area contributed by atoms with E-state index in [1.807, 2.05) is 24.3 Å². The van der Waals surface area contributed by atoms with E-state index in [4.69, 9.17) is 5.73 Å². The minimum absolute atomic E-state index is 0.104. The van der Waals surface area contributed by atoms with E-state index < -0.39 is 0 Å². The molecule has 0 saturated carbocycles. The zero-order valence-corrected chi connectivity index (χ0v) is 11.7. The van der Waals surface area contributed by atoms with Gasteiger partial charge in [-0.3, -0.25) is 4.99 Å². The quantitative estimate of drug-likeness (QED) is 0.927. The largest absolute Gasteiger partial charge is 0.369 e. The Balaban J connectivity index is 1.92. The van der Waals surface area contributed by atoms with Gasteiger partial charge in [0.2, 0.25) is 0 Å². The summed E-state index contributed by atoms with van der Waals surface area (Å²) in [5, 5.41) is 0. The molecule has 2 N–H and O–H groups in total. The van der Waals surface area contributed by atoms with Crippen molar-refractivity contribution in [2.45, 2.75) is 18.9 Å². The van der Waals surface area contributed by atoms with Crippen molar-refractivity contribution in [2.75, 3.05) is 11.4 Å². The number of guanidine groups is 1. The summed E-state index contributed by atoms with van der Waals surface area (Å²) in [5.41, 5.74) is 8.42. The minimum atomic E-state index is -0.104. The lowest BCUT2D eigenvalue weighted by atomic mass is 9.91. The smallest absolute Gasteiger partial charge is 0.196 e. The summed E-state index contributed by atoms with van der Waals surface area (Å²) in [6.07, 6.45) is 0.924. The molecule has 0 saturated heterocycles. The van der Waals surface area contributed by atoms with E-state index in [-0.39, 0.29) is 5.54 Å². The number of hydrogen-bond acceptors (Lipinski definition) is 3. The summed E-state index contributed by atoms with van der Waals surface area (Å²) in [5.74, 6) is 0.606. The molecule has 1 atom stereocenters. The summed E-state index contributed by atoms with van der Waals surface area (Å²) >= 11 is 0. The fourth-order valence-electron chi connectivity index (χ4n) is 2.86. The molecule has 1 aliphatic heterocycles. The molecule has 2 aromatic carbocycles. The van der Waals surface area contributed by atoms with Crippen LogP contribution in [0.4, 0.5) is 5.69 Å². The Morgan fingerprint density at radius 1 is 1.05 bits per heavy atom. The second-order valence-corrected chi connectivity index (χ2v) is 5.50. The van der Waals surface area contributed by atoms with E-state index in [1.165, 1.54) is 5.56 Å². The van der Waals surface area contributed by atoms with Crippen LogP contribution in [0.2, 0.25) is 0 Å². The zero-order valence-electron chi connectivity index (χ0n) is 11.7. The molecule has 0 fully saturated rings. The zero-order chi connectivity index (χ0) is 14.0. The van der Waals surface area contributed by atoms with Crippen molar-refractivity contribution < 1.29 is 0 Å². The van der Waals surface area contributed by atoms with Gasteiger partial charge >= 0.3 is 0 Å². The van der Waals surface area contributed by atoms with Gasteiger partial charge in [-0.1, -0.05) is 48.5 Å². The van der Waals surface area contributed by atoms with E-state index in [2.05, 4.69) is 53.2 Å². The Morgan fingerprint density at radius 3 is 2.30 bits per heavy atom. The van der Waals surface area contributed by atoms with Gasteiger partial charge in [0, 0.05) is 5.69 Å². The Hall–Kier alpha value is -2.29. The average molecular weight is 265 g/mol. The van der Waals surface area contributed by atoms with Gasteiger partial charge in [-0.2, -0.15) is 0 Å². The molecule has 20 heavy (non-hydrogen) atoms. The topological polar surface area (TPSA) is 41.6 Å². The highest BCUT2D eigenvalue weighted by Crippen LogP contribution is 2.31. The Bertz CT molecular complexity index is 607. The first-order valence-electron chi connectivity index (χ1n) is 6.88. The lowest BCUT2D eigenvalue weighted by Crippen LogP contribution is -2.51. The molecule has 3 rings (SSSR count). The second-order valence-electron chi connectivity index (χ2n) is 5.50. The SMILES string of the molecule is CC1(Cc2ccccc2)CN=C(N)N1c1ccccc1. The third kappa shape index (κ3) is 2.27. The van der Waals surface area contributed by atoms with Crippen LogP contribution in [0.25, 0.3) is 0 Å². The van der Waals surface area contributed by atoms with Crippen molar-refractivity contribution in [3.05, 3.63) is 66.2 Å². The number of aliphatic imine (C=N–C) groups is 1. The number of anilines is 1.